The monoisotopic (exact) mass is 356 g/mol. The van der Waals surface area contributed by atoms with Crippen LogP contribution in [0, 0.1) is 24.0 Å². The molecule has 0 aliphatic rings. The second kappa shape index (κ2) is 7.88. The Balaban J connectivity index is 2.03. The van der Waals surface area contributed by atoms with Gasteiger partial charge >= 0.3 is 11.8 Å². The van der Waals surface area contributed by atoms with E-state index in [1.807, 2.05) is 25.3 Å². The molecule has 0 spiro atoms. The largest absolute Gasteiger partial charge is 0.507 e. The van der Waals surface area contributed by atoms with Crippen LogP contribution in [0.1, 0.15) is 16.7 Å². The highest BCUT2D eigenvalue weighted by molar-refractivity contribution is 6.39. The van der Waals surface area contributed by atoms with Gasteiger partial charge in [0.25, 0.3) is 5.69 Å². The number of nitro groups is 1. The Hall–Kier alpha value is -3.75. The third-order valence-electron chi connectivity index (χ3n) is 3.65. The average molecular weight is 356 g/mol. The van der Waals surface area contributed by atoms with E-state index in [2.05, 4.69) is 10.4 Å². The second-order valence-corrected chi connectivity index (χ2v) is 5.40. The number of amides is 2. The number of nitro benzene ring substituents is 1. The van der Waals surface area contributed by atoms with Crippen molar-refractivity contribution in [2.24, 2.45) is 5.10 Å². The number of rotatable bonds is 4. The normalized spacial score (nSPS) is 10.5. The van der Waals surface area contributed by atoms with Crippen LogP contribution in [-0.4, -0.2) is 28.1 Å². The fourth-order valence-corrected chi connectivity index (χ4v) is 2.04. The van der Waals surface area contributed by atoms with Gasteiger partial charge in [-0.15, -0.1) is 0 Å². The van der Waals surface area contributed by atoms with Crippen LogP contribution in [0.15, 0.2) is 41.5 Å². The predicted molar refractivity (Wildman–Crippen MR) is 95.0 cm³/mol. The maximum absolute atomic E-state index is 11.9. The molecule has 0 fully saturated rings. The molecule has 0 aromatic heterocycles. The van der Waals surface area contributed by atoms with E-state index >= 15 is 0 Å². The van der Waals surface area contributed by atoms with Gasteiger partial charge in [-0.1, -0.05) is 12.1 Å². The predicted octanol–water partition coefficient (Wildman–Crippen LogP) is 2.01. The van der Waals surface area contributed by atoms with Crippen molar-refractivity contribution in [1.29, 1.82) is 0 Å². The zero-order chi connectivity index (χ0) is 19.3. The number of benzene rings is 2. The number of phenolic OH excluding ortho intramolecular Hbond substituents is 1. The van der Waals surface area contributed by atoms with Crippen LogP contribution in [0.2, 0.25) is 0 Å². The molecule has 9 heteroatoms. The van der Waals surface area contributed by atoms with Crippen molar-refractivity contribution in [3.8, 4) is 5.75 Å². The Bertz CT molecular complexity index is 908. The number of carbonyl (C=O) groups is 2. The van der Waals surface area contributed by atoms with Crippen LogP contribution in [0.25, 0.3) is 0 Å². The number of nitrogens with one attached hydrogen (secondary N) is 2. The third-order valence-corrected chi connectivity index (χ3v) is 3.65. The molecule has 0 saturated carbocycles. The molecule has 26 heavy (non-hydrogen) atoms. The Labute approximate surface area is 148 Å². The zero-order valence-corrected chi connectivity index (χ0v) is 14.0. The summed E-state index contributed by atoms with van der Waals surface area (Å²) in [6, 6.07) is 8.64. The number of phenols is 1. The van der Waals surface area contributed by atoms with E-state index in [1.54, 1.807) is 12.1 Å². The summed E-state index contributed by atoms with van der Waals surface area (Å²) < 4.78 is 0. The first-order valence-corrected chi connectivity index (χ1v) is 7.47. The first kappa shape index (κ1) is 18.6. The lowest BCUT2D eigenvalue weighted by atomic mass is 10.1. The van der Waals surface area contributed by atoms with Gasteiger partial charge in [-0.05, 0) is 37.1 Å². The number of hydrogen-bond acceptors (Lipinski definition) is 6. The van der Waals surface area contributed by atoms with Gasteiger partial charge in [0.1, 0.15) is 5.75 Å². The highest BCUT2D eigenvalue weighted by Gasteiger charge is 2.14. The van der Waals surface area contributed by atoms with Gasteiger partial charge in [-0.25, -0.2) is 5.43 Å². The molecule has 0 saturated heterocycles. The van der Waals surface area contributed by atoms with E-state index in [4.69, 9.17) is 0 Å². The lowest BCUT2D eigenvalue weighted by molar-refractivity contribution is -0.384. The Morgan fingerprint density at radius 2 is 1.92 bits per heavy atom. The molecule has 2 aromatic rings. The lowest BCUT2D eigenvalue weighted by Gasteiger charge is -2.09. The Kier molecular flexibility index (Phi) is 5.63. The number of aromatic hydroxyl groups is 1. The highest BCUT2D eigenvalue weighted by atomic mass is 16.6. The molecule has 0 aliphatic carbocycles. The number of hydrazone groups is 1. The van der Waals surface area contributed by atoms with Crippen LogP contribution in [-0.2, 0) is 9.59 Å². The number of anilines is 1. The van der Waals surface area contributed by atoms with Gasteiger partial charge in [0.05, 0.1) is 11.1 Å². The lowest BCUT2D eigenvalue weighted by Crippen LogP contribution is -2.32. The number of nitrogens with zero attached hydrogens (tertiary/aromatic N) is 2. The molecule has 134 valence electrons. The topological polar surface area (TPSA) is 134 Å². The summed E-state index contributed by atoms with van der Waals surface area (Å²) in [6.07, 6.45) is 1.01. The number of carbonyl (C=O) groups excluding carboxylic acids is 2. The van der Waals surface area contributed by atoms with Crippen molar-refractivity contribution in [1.82, 2.24) is 5.43 Å². The molecule has 2 aromatic carbocycles. The average Bonchev–Trinajstić information content (AvgIpc) is 2.60. The molecule has 0 aliphatic heterocycles. The Morgan fingerprint density at radius 3 is 2.62 bits per heavy atom. The fourth-order valence-electron chi connectivity index (χ4n) is 2.04. The van der Waals surface area contributed by atoms with Gasteiger partial charge in [-0.2, -0.15) is 5.10 Å². The van der Waals surface area contributed by atoms with E-state index in [1.165, 1.54) is 0 Å². The van der Waals surface area contributed by atoms with Crippen LogP contribution in [0.3, 0.4) is 0 Å². The molecule has 0 heterocycles. The quantitative estimate of drug-likeness (QED) is 0.333. The third kappa shape index (κ3) is 4.41. The smallest absolute Gasteiger partial charge is 0.329 e. The van der Waals surface area contributed by atoms with Crippen molar-refractivity contribution >= 4 is 29.4 Å². The summed E-state index contributed by atoms with van der Waals surface area (Å²) in [5.74, 6) is -2.19. The molecular formula is C17H16N4O5. The molecule has 2 rings (SSSR count). The summed E-state index contributed by atoms with van der Waals surface area (Å²) in [4.78, 5) is 33.8. The second-order valence-electron chi connectivity index (χ2n) is 5.40. The number of non-ortho nitro benzene ring substituents is 1. The summed E-state index contributed by atoms with van der Waals surface area (Å²) in [5, 5.41) is 26.4. The van der Waals surface area contributed by atoms with E-state index in [-0.39, 0.29) is 17.0 Å². The molecule has 2 amide bonds. The minimum absolute atomic E-state index is 0.0226. The summed E-state index contributed by atoms with van der Waals surface area (Å²) in [7, 11) is 0. The van der Waals surface area contributed by atoms with Gasteiger partial charge in [0, 0.05) is 23.4 Å². The highest BCUT2D eigenvalue weighted by Crippen LogP contribution is 2.21. The van der Waals surface area contributed by atoms with E-state index < -0.39 is 16.7 Å². The van der Waals surface area contributed by atoms with Gasteiger partial charge in [0.2, 0.25) is 0 Å². The zero-order valence-electron chi connectivity index (χ0n) is 14.0. The minimum atomic E-state index is -1.02. The summed E-state index contributed by atoms with van der Waals surface area (Å²) in [6.45, 7) is 3.69. The van der Waals surface area contributed by atoms with Crippen molar-refractivity contribution in [2.75, 3.05) is 5.32 Å². The minimum Gasteiger partial charge on any atom is -0.507 e. The SMILES string of the molecule is Cc1cccc(NC(=O)C(=O)NN=Cc2cc([N+](=O)[O-])ccc2O)c1C. The van der Waals surface area contributed by atoms with Gasteiger partial charge in [-0.3, -0.25) is 19.7 Å². The van der Waals surface area contributed by atoms with Crippen LogP contribution in [0.5, 0.6) is 5.75 Å². The maximum atomic E-state index is 11.9. The molecule has 0 bridgehead atoms. The van der Waals surface area contributed by atoms with E-state index in [0.717, 1.165) is 35.5 Å². The van der Waals surface area contributed by atoms with Crippen molar-refractivity contribution in [2.45, 2.75) is 13.8 Å². The first-order valence-electron chi connectivity index (χ1n) is 7.47. The number of hydrogen-bond donors (Lipinski definition) is 3. The summed E-state index contributed by atoms with van der Waals surface area (Å²) in [5.41, 5.74) is 4.07. The maximum Gasteiger partial charge on any atom is 0.329 e. The number of aryl methyl sites for hydroxylation is 1. The van der Waals surface area contributed by atoms with Crippen LogP contribution in [0.4, 0.5) is 11.4 Å². The summed E-state index contributed by atoms with van der Waals surface area (Å²) >= 11 is 0. The molecule has 0 unspecified atom stereocenters. The van der Waals surface area contributed by atoms with Crippen LogP contribution < -0.4 is 10.7 Å². The molecule has 0 radical (unpaired) electrons. The molecule has 9 nitrogen and oxygen atoms in total. The molecule has 3 N–H and O–H groups in total. The van der Waals surface area contributed by atoms with E-state index in [9.17, 15) is 24.8 Å². The van der Waals surface area contributed by atoms with Crippen molar-refractivity contribution in [3.05, 3.63) is 63.2 Å². The van der Waals surface area contributed by atoms with Crippen LogP contribution >= 0.6 is 0 Å². The fraction of sp³-hybridized carbons (Fsp3) is 0.118. The molecular weight excluding hydrogens is 340 g/mol. The van der Waals surface area contributed by atoms with Gasteiger partial charge in [0.15, 0.2) is 0 Å². The van der Waals surface area contributed by atoms with E-state index in [0.29, 0.717) is 5.69 Å². The standard InChI is InChI=1S/C17H16N4O5/c1-10-4-3-5-14(11(10)2)19-16(23)17(24)20-18-9-12-8-13(21(25)26)6-7-15(12)22/h3-9,22H,1-2H3,(H,19,23)(H,20,24). The van der Waals surface area contributed by atoms with Crippen molar-refractivity contribution in [3.63, 3.8) is 0 Å². The first-order chi connectivity index (χ1) is 12.3. The van der Waals surface area contributed by atoms with Crippen molar-refractivity contribution < 1.29 is 19.6 Å². The van der Waals surface area contributed by atoms with Gasteiger partial charge < -0.3 is 10.4 Å². The molecule has 0 atom stereocenters. The Morgan fingerprint density at radius 1 is 1.19 bits per heavy atom.